The standard InChI is InChI=1S/C13H17NO3S/c15-13(16)11-5-6-12(18-11)14-7-8-17-10-4-2-1-3-9(10)14/h5-6,9-10H,1-4,7-8H2,(H,15,16). The largest absolute Gasteiger partial charge is 0.477 e. The van der Waals surface area contributed by atoms with E-state index in [1.807, 2.05) is 6.07 Å². The predicted octanol–water partition coefficient (Wildman–Crippen LogP) is 2.59. The average molecular weight is 267 g/mol. The van der Waals surface area contributed by atoms with Gasteiger partial charge in [0.25, 0.3) is 0 Å². The number of aromatic carboxylic acids is 1. The molecule has 5 heteroatoms. The van der Waals surface area contributed by atoms with Crippen LogP contribution in [0.3, 0.4) is 0 Å². The van der Waals surface area contributed by atoms with E-state index in [9.17, 15) is 4.79 Å². The van der Waals surface area contributed by atoms with Crippen LogP contribution >= 0.6 is 11.3 Å². The van der Waals surface area contributed by atoms with Crippen molar-refractivity contribution in [3.63, 3.8) is 0 Å². The lowest BCUT2D eigenvalue weighted by molar-refractivity contribution is -0.00840. The molecule has 1 aromatic rings. The maximum absolute atomic E-state index is 10.9. The Labute approximate surface area is 110 Å². The second-order valence-electron chi connectivity index (χ2n) is 4.90. The average Bonchev–Trinajstić information content (AvgIpc) is 2.87. The van der Waals surface area contributed by atoms with Gasteiger partial charge in [0.2, 0.25) is 0 Å². The highest BCUT2D eigenvalue weighted by Gasteiger charge is 2.34. The molecular weight excluding hydrogens is 250 g/mol. The van der Waals surface area contributed by atoms with Crippen LogP contribution in [0.4, 0.5) is 5.00 Å². The minimum Gasteiger partial charge on any atom is -0.477 e. The molecular formula is C13H17NO3S. The zero-order valence-electron chi connectivity index (χ0n) is 10.2. The zero-order chi connectivity index (χ0) is 12.5. The van der Waals surface area contributed by atoms with Crippen molar-refractivity contribution in [1.82, 2.24) is 0 Å². The topological polar surface area (TPSA) is 49.8 Å². The van der Waals surface area contributed by atoms with E-state index < -0.39 is 5.97 Å². The summed E-state index contributed by atoms with van der Waals surface area (Å²) in [6.07, 6.45) is 5.13. The number of rotatable bonds is 2. The van der Waals surface area contributed by atoms with Crippen LogP contribution in [0.15, 0.2) is 12.1 Å². The molecule has 0 aromatic carbocycles. The molecule has 0 spiro atoms. The summed E-state index contributed by atoms with van der Waals surface area (Å²) in [4.78, 5) is 13.7. The van der Waals surface area contributed by atoms with Gasteiger partial charge in [0.1, 0.15) is 4.88 Å². The number of morpholine rings is 1. The van der Waals surface area contributed by atoms with Gasteiger partial charge < -0.3 is 14.7 Å². The van der Waals surface area contributed by atoms with Crippen LogP contribution in [0.1, 0.15) is 35.4 Å². The molecule has 1 saturated heterocycles. The number of hydrogen-bond donors (Lipinski definition) is 1. The Hall–Kier alpha value is -1.07. The Morgan fingerprint density at radius 2 is 2.22 bits per heavy atom. The molecule has 2 aliphatic rings. The van der Waals surface area contributed by atoms with E-state index in [4.69, 9.17) is 9.84 Å². The molecule has 18 heavy (non-hydrogen) atoms. The van der Waals surface area contributed by atoms with Crippen LogP contribution in [0.25, 0.3) is 0 Å². The van der Waals surface area contributed by atoms with Crippen molar-refractivity contribution in [3.8, 4) is 0 Å². The van der Waals surface area contributed by atoms with E-state index in [1.54, 1.807) is 6.07 Å². The quantitative estimate of drug-likeness (QED) is 0.895. The van der Waals surface area contributed by atoms with Gasteiger partial charge in [-0.15, -0.1) is 11.3 Å². The number of carbonyl (C=O) groups is 1. The van der Waals surface area contributed by atoms with E-state index in [0.717, 1.165) is 31.0 Å². The van der Waals surface area contributed by atoms with Crippen LogP contribution in [0.2, 0.25) is 0 Å². The van der Waals surface area contributed by atoms with Crippen molar-refractivity contribution in [1.29, 1.82) is 0 Å². The molecule has 1 saturated carbocycles. The van der Waals surface area contributed by atoms with Crippen LogP contribution in [-0.2, 0) is 4.74 Å². The number of nitrogens with zero attached hydrogens (tertiary/aromatic N) is 1. The molecule has 1 aliphatic heterocycles. The van der Waals surface area contributed by atoms with Crippen molar-refractivity contribution in [2.45, 2.75) is 37.8 Å². The van der Waals surface area contributed by atoms with E-state index in [-0.39, 0.29) is 0 Å². The summed E-state index contributed by atoms with van der Waals surface area (Å²) in [5, 5.41) is 10.1. The fraction of sp³-hybridized carbons (Fsp3) is 0.615. The highest BCUT2D eigenvalue weighted by Crippen LogP contribution is 2.35. The molecule has 2 heterocycles. The number of fused-ring (bicyclic) bond motifs is 1. The molecule has 2 fully saturated rings. The number of carboxylic acid groups (broad SMARTS) is 1. The highest BCUT2D eigenvalue weighted by molar-refractivity contribution is 7.17. The van der Waals surface area contributed by atoms with Crippen molar-refractivity contribution in [2.75, 3.05) is 18.1 Å². The minimum absolute atomic E-state index is 0.336. The number of carboxylic acids is 1. The first kappa shape index (κ1) is 12.0. The molecule has 1 aromatic heterocycles. The monoisotopic (exact) mass is 267 g/mol. The molecule has 4 nitrogen and oxygen atoms in total. The SMILES string of the molecule is O=C(O)c1ccc(N2CCOC3CCCCC32)s1. The van der Waals surface area contributed by atoms with E-state index in [0.29, 0.717) is 17.0 Å². The van der Waals surface area contributed by atoms with Crippen molar-refractivity contribution in [3.05, 3.63) is 17.0 Å². The predicted molar refractivity (Wildman–Crippen MR) is 70.6 cm³/mol. The first-order chi connectivity index (χ1) is 8.75. The number of thiophene rings is 1. The molecule has 1 aliphatic carbocycles. The number of hydrogen-bond acceptors (Lipinski definition) is 4. The van der Waals surface area contributed by atoms with Gasteiger partial charge >= 0.3 is 5.97 Å². The van der Waals surface area contributed by atoms with Gasteiger partial charge in [-0.2, -0.15) is 0 Å². The third kappa shape index (κ3) is 2.12. The minimum atomic E-state index is -0.834. The first-order valence-corrected chi connectivity index (χ1v) is 7.29. The lowest BCUT2D eigenvalue weighted by Crippen LogP contribution is -2.52. The molecule has 0 radical (unpaired) electrons. The summed E-state index contributed by atoms with van der Waals surface area (Å²) >= 11 is 1.37. The third-order valence-electron chi connectivity index (χ3n) is 3.82. The second-order valence-corrected chi connectivity index (χ2v) is 5.96. The molecule has 2 unspecified atom stereocenters. The maximum Gasteiger partial charge on any atom is 0.345 e. The van der Waals surface area contributed by atoms with Crippen molar-refractivity contribution < 1.29 is 14.6 Å². The summed E-state index contributed by atoms with van der Waals surface area (Å²) in [7, 11) is 0. The molecule has 98 valence electrons. The number of anilines is 1. The van der Waals surface area contributed by atoms with Gasteiger partial charge in [-0.3, -0.25) is 0 Å². The van der Waals surface area contributed by atoms with Gasteiger partial charge in [0.15, 0.2) is 0 Å². The smallest absolute Gasteiger partial charge is 0.345 e. The Kier molecular flexibility index (Phi) is 3.26. The van der Waals surface area contributed by atoms with Crippen molar-refractivity contribution in [2.24, 2.45) is 0 Å². The fourth-order valence-corrected chi connectivity index (χ4v) is 3.90. The summed E-state index contributed by atoms with van der Waals surface area (Å²) in [6, 6.07) is 4.08. The van der Waals surface area contributed by atoms with Gasteiger partial charge in [0, 0.05) is 6.54 Å². The van der Waals surface area contributed by atoms with E-state index in [1.165, 1.54) is 24.2 Å². The van der Waals surface area contributed by atoms with Crippen molar-refractivity contribution >= 4 is 22.3 Å². The lowest BCUT2D eigenvalue weighted by atomic mass is 9.90. The molecule has 3 rings (SSSR count). The van der Waals surface area contributed by atoms with E-state index >= 15 is 0 Å². The first-order valence-electron chi connectivity index (χ1n) is 6.47. The Balaban J connectivity index is 1.82. The van der Waals surface area contributed by atoms with Gasteiger partial charge in [-0.05, 0) is 25.0 Å². The summed E-state index contributed by atoms with van der Waals surface area (Å²) < 4.78 is 5.83. The van der Waals surface area contributed by atoms with Gasteiger partial charge in [0.05, 0.1) is 23.8 Å². The summed E-state index contributed by atoms with van der Waals surface area (Å²) in [5.41, 5.74) is 0. The molecule has 2 atom stereocenters. The molecule has 0 amide bonds. The van der Waals surface area contributed by atoms with Crippen LogP contribution in [0, 0.1) is 0 Å². The van der Waals surface area contributed by atoms with Crippen LogP contribution in [0.5, 0.6) is 0 Å². The van der Waals surface area contributed by atoms with E-state index in [2.05, 4.69) is 4.90 Å². The Bertz CT molecular complexity index is 443. The zero-order valence-corrected chi connectivity index (χ0v) is 11.0. The van der Waals surface area contributed by atoms with Crippen LogP contribution < -0.4 is 4.90 Å². The Morgan fingerprint density at radius 1 is 1.39 bits per heavy atom. The van der Waals surface area contributed by atoms with Crippen LogP contribution in [-0.4, -0.2) is 36.4 Å². The summed E-state index contributed by atoms with van der Waals surface area (Å²) in [5.74, 6) is -0.834. The molecule has 1 N–H and O–H groups in total. The third-order valence-corrected chi connectivity index (χ3v) is 4.93. The highest BCUT2D eigenvalue weighted by atomic mass is 32.1. The van der Waals surface area contributed by atoms with Gasteiger partial charge in [-0.25, -0.2) is 4.79 Å². The second kappa shape index (κ2) is 4.90. The van der Waals surface area contributed by atoms with Gasteiger partial charge in [-0.1, -0.05) is 12.8 Å². The lowest BCUT2D eigenvalue weighted by Gasteiger charge is -2.44. The Morgan fingerprint density at radius 3 is 3.00 bits per heavy atom. The normalized spacial score (nSPS) is 27.9. The number of ether oxygens (including phenoxy) is 1. The summed E-state index contributed by atoms with van der Waals surface area (Å²) in [6.45, 7) is 1.63. The molecule has 0 bridgehead atoms. The maximum atomic E-state index is 10.9. The fourth-order valence-electron chi connectivity index (χ4n) is 2.97.